The minimum absolute atomic E-state index is 0. The molecule has 1 aromatic rings. The molecule has 124 valence electrons. The Bertz CT molecular complexity index is 477. The van der Waals surface area contributed by atoms with Gasteiger partial charge in [0.25, 0.3) is 0 Å². The Morgan fingerprint density at radius 3 is 2.68 bits per heavy atom. The third kappa shape index (κ3) is 3.93. The number of rotatable bonds is 5. The van der Waals surface area contributed by atoms with Gasteiger partial charge in [-0.25, -0.2) is 0 Å². The highest BCUT2D eigenvalue weighted by atomic mass is 35.5. The van der Waals surface area contributed by atoms with Crippen molar-refractivity contribution < 1.29 is 9.53 Å². The fraction of sp³-hybridized carbons (Fsp3) is 0.588. The van der Waals surface area contributed by atoms with E-state index in [1.165, 1.54) is 0 Å². The second-order valence-corrected chi connectivity index (χ2v) is 5.51. The summed E-state index contributed by atoms with van der Waals surface area (Å²) < 4.78 is 5.47. The second kappa shape index (κ2) is 9.01. The molecule has 1 aliphatic rings. The molecule has 1 fully saturated rings. The Morgan fingerprint density at radius 1 is 1.36 bits per heavy atom. The van der Waals surface area contributed by atoms with Crippen molar-refractivity contribution >= 4 is 18.3 Å². The van der Waals surface area contributed by atoms with Crippen molar-refractivity contribution in [2.24, 2.45) is 5.92 Å². The molecular formula is C17H27ClN2O2. The molecule has 5 heteroatoms. The third-order valence-electron chi connectivity index (χ3n) is 4.36. The van der Waals surface area contributed by atoms with Crippen LogP contribution in [0.15, 0.2) is 24.3 Å². The van der Waals surface area contributed by atoms with Gasteiger partial charge in [0.2, 0.25) is 5.91 Å². The molecule has 1 aliphatic heterocycles. The maximum atomic E-state index is 12.8. The van der Waals surface area contributed by atoms with Gasteiger partial charge in [0.05, 0.1) is 13.2 Å². The lowest BCUT2D eigenvalue weighted by molar-refractivity contribution is -0.139. The quantitative estimate of drug-likeness (QED) is 0.904. The number of methoxy groups -OCH3 is 1. The fourth-order valence-corrected chi connectivity index (χ4v) is 3.06. The van der Waals surface area contributed by atoms with Crippen LogP contribution in [0.1, 0.15) is 38.3 Å². The zero-order valence-corrected chi connectivity index (χ0v) is 14.5. The number of carbonyl (C=O) groups is 1. The van der Waals surface area contributed by atoms with Crippen LogP contribution in [0, 0.1) is 5.92 Å². The minimum atomic E-state index is 0. The van der Waals surface area contributed by atoms with E-state index in [0.717, 1.165) is 43.8 Å². The van der Waals surface area contributed by atoms with Crippen LogP contribution in [0.4, 0.5) is 0 Å². The standard InChI is InChI=1S/C17H26N2O2.ClH/c1-4-13(5-2)17(20)19-11-10-18-12-15(19)14-8-6-7-9-16(14)21-3;/h6-9,13,15,18H,4-5,10-12H2,1-3H3;1H. The number of carbonyl (C=O) groups excluding carboxylic acids is 1. The van der Waals surface area contributed by atoms with Crippen LogP contribution in [0.5, 0.6) is 5.75 Å². The average molecular weight is 327 g/mol. The van der Waals surface area contributed by atoms with Gasteiger partial charge in [0.1, 0.15) is 5.75 Å². The van der Waals surface area contributed by atoms with Gasteiger partial charge in [-0.15, -0.1) is 12.4 Å². The van der Waals surface area contributed by atoms with Crippen molar-refractivity contribution in [3.63, 3.8) is 0 Å². The van der Waals surface area contributed by atoms with Crippen molar-refractivity contribution in [3.8, 4) is 5.75 Å². The monoisotopic (exact) mass is 326 g/mol. The first kappa shape index (κ1) is 18.8. The molecule has 1 N–H and O–H groups in total. The van der Waals surface area contributed by atoms with Crippen LogP contribution in [-0.4, -0.2) is 37.6 Å². The van der Waals surface area contributed by atoms with Crippen molar-refractivity contribution in [1.29, 1.82) is 0 Å². The summed E-state index contributed by atoms with van der Waals surface area (Å²) in [5.41, 5.74) is 1.09. The molecule has 0 spiro atoms. The topological polar surface area (TPSA) is 41.6 Å². The number of amides is 1. The van der Waals surface area contributed by atoms with Gasteiger partial charge in [-0.2, -0.15) is 0 Å². The van der Waals surface area contributed by atoms with Crippen molar-refractivity contribution in [2.45, 2.75) is 32.7 Å². The first-order valence-electron chi connectivity index (χ1n) is 7.87. The van der Waals surface area contributed by atoms with Crippen molar-refractivity contribution in [1.82, 2.24) is 10.2 Å². The van der Waals surface area contributed by atoms with Gasteiger partial charge in [-0.05, 0) is 18.9 Å². The van der Waals surface area contributed by atoms with E-state index >= 15 is 0 Å². The number of hydrogen-bond donors (Lipinski definition) is 1. The Morgan fingerprint density at radius 2 is 2.05 bits per heavy atom. The number of ether oxygens (including phenoxy) is 1. The summed E-state index contributed by atoms with van der Waals surface area (Å²) in [6, 6.07) is 8.05. The zero-order valence-electron chi connectivity index (χ0n) is 13.7. The largest absolute Gasteiger partial charge is 0.496 e. The summed E-state index contributed by atoms with van der Waals surface area (Å²) in [4.78, 5) is 14.8. The number of nitrogens with one attached hydrogen (secondary N) is 1. The Labute approximate surface area is 139 Å². The van der Waals surface area contributed by atoms with E-state index in [0.29, 0.717) is 0 Å². The molecule has 0 aliphatic carbocycles. The summed E-state index contributed by atoms with van der Waals surface area (Å²) in [6.07, 6.45) is 1.80. The molecule has 1 unspecified atom stereocenters. The van der Waals surface area contributed by atoms with Gasteiger partial charge in [-0.1, -0.05) is 32.0 Å². The normalized spacial score (nSPS) is 18.0. The van der Waals surface area contributed by atoms with E-state index in [1.807, 2.05) is 23.1 Å². The van der Waals surface area contributed by atoms with Gasteiger partial charge in [-0.3, -0.25) is 4.79 Å². The number of nitrogens with zero attached hydrogens (tertiary/aromatic N) is 1. The second-order valence-electron chi connectivity index (χ2n) is 5.51. The van der Waals surface area contributed by atoms with Crippen LogP contribution < -0.4 is 10.1 Å². The highest BCUT2D eigenvalue weighted by Gasteiger charge is 2.32. The highest BCUT2D eigenvalue weighted by molar-refractivity contribution is 5.85. The van der Waals surface area contributed by atoms with Gasteiger partial charge in [0.15, 0.2) is 0 Å². The molecule has 22 heavy (non-hydrogen) atoms. The molecule has 2 rings (SSSR count). The molecular weight excluding hydrogens is 300 g/mol. The number of benzene rings is 1. The Hall–Kier alpha value is -1.26. The lowest BCUT2D eigenvalue weighted by Gasteiger charge is -2.38. The molecule has 1 aromatic carbocycles. The summed E-state index contributed by atoms with van der Waals surface area (Å²) in [6.45, 7) is 6.58. The van der Waals surface area contributed by atoms with E-state index < -0.39 is 0 Å². The summed E-state index contributed by atoms with van der Waals surface area (Å²) in [5.74, 6) is 1.26. The van der Waals surface area contributed by atoms with Crippen LogP contribution in [-0.2, 0) is 4.79 Å². The van der Waals surface area contributed by atoms with E-state index in [4.69, 9.17) is 4.74 Å². The molecule has 0 saturated carbocycles. The first-order valence-corrected chi connectivity index (χ1v) is 7.87. The van der Waals surface area contributed by atoms with Gasteiger partial charge >= 0.3 is 0 Å². The maximum absolute atomic E-state index is 12.8. The van der Waals surface area contributed by atoms with Crippen LogP contribution in [0.3, 0.4) is 0 Å². The molecule has 1 atom stereocenters. The summed E-state index contributed by atoms with van der Waals surface area (Å²) in [5, 5.41) is 3.39. The molecule has 0 radical (unpaired) electrons. The van der Waals surface area contributed by atoms with E-state index in [1.54, 1.807) is 7.11 Å². The highest BCUT2D eigenvalue weighted by Crippen LogP contribution is 2.31. The van der Waals surface area contributed by atoms with Gasteiger partial charge < -0.3 is 15.0 Å². The number of hydrogen-bond acceptors (Lipinski definition) is 3. The van der Waals surface area contributed by atoms with Crippen molar-refractivity contribution in [2.75, 3.05) is 26.7 Å². The van der Waals surface area contributed by atoms with E-state index in [-0.39, 0.29) is 30.3 Å². The molecule has 1 heterocycles. The van der Waals surface area contributed by atoms with Crippen LogP contribution >= 0.6 is 12.4 Å². The van der Waals surface area contributed by atoms with Crippen LogP contribution in [0.2, 0.25) is 0 Å². The van der Waals surface area contributed by atoms with Crippen LogP contribution in [0.25, 0.3) is 0 Å². The third-order valence-corrected chi connectivity index (χ3v) is 4.36. The molecule has 4 nitrogen and oxygen atoms in total. The lowest BCUT2D eigenvalue weighted by Crippen LogP contribution is -2.50. The van der Waals surface area contributed by atoms with E-state index in [9.17, 15) is 4.79 Å². The van der Waals surface area contributed by atoms with Crippen molar-refractivity contribution in [3.05, 3.63) is 29.8 Å². The summed E-state index contributed by atoms with van der Waals surface area (Å²) in [7, 11) is 1.68. The maximum Gasteiger partial charge on any atom is 0.226 e. The predicted molar refractivity (Wildman–Crippen MR) is 91.6 cm³/mol. The summed E-state index contributed by atoms with van der Waals surface area (Å²) >= 11 is 0. The average Bonchev–Trinajstić information content (AvgIpc) is 2.55. The number of para-hydroxylation sites is 1. The SMILES string of the molecule is CCC(CC)C(=O)N1CCNCC1c1ccccc1OC.Cl. The number of piperazine rings is 1. The molecule has 1 amide bonds. The molecule has 0 aromatic heterocycles. The lowest BCUT2D eigenvalue weighted by atomic mass is 9.97. The molecule has 1 saturated heterocycles. The minimum Gasteiger partial charge on any atom is -0.496 e. The van der Waals surface area contributed by atoms with E-state index in [2.05, 4.69) is 25.2 Å². The zero-order chi connectivity index (χ0) is 15.2. The molecule has 0 bridgehead atoms. The Balaban J connectivity index is 0.00000242. The fourth-order valence-electron chi connectivity index (χ4n) is 3.06. The predicted octanol–water partition coefficient (Wildman–Crippen LogP) is 3.03. The Kier molecular flexibility index (Phi) is 7.69. The smallest absolute Gasteiger partial charge is 0.226 e. The van der Waals surface area contributed by atoms with Gasteiger partial charge in [0, 0.05) is 31.1 Å². The first-order chi connectivity index (χ1) is 10.2. The number of halogens is 1.